The molecule has 5 aliphatic rings. The zero-order valence-corrected chi connectivity index (χ0v) is 16.5. The summed E-state index contributed by atoms with van der Waals surface area (Å²) in [5, 5.41) is 10.9. The highest BCUT2D eigenvalue weighted by Gasteiger charge is 2.67. The lowest BCUT2D eigenvalue weighted by molar-refractivity contribution is -0.132. The number of benzene rings is 1. The summed E-state index contributed by atoms with van der Waals surface area (Å²) < 4.78 is 5.60. The Hall–Kier alpha value is -1.32. The first-order valence-electron chi connectivity index (χ1n) is 10.1. The van der Waals surface area contributed by atoms with Crippen LogP contribution in [0.1, 0.15) is 44.2 Å². The summed E-state index contributed by atoms with van der Waals surface area (Å²) in [6.45, 7) is 5.18. The second kappa shape index (κ2) is 5.14. The van der Waals surface area contributed by atoms with Crippen LogP contribution >= 0.6 is 0 Å². The van der Waals surface area contributed by atoms with Gasteiger partial charge in [-0.25, -0.2) is 0 Å². The number of aliphatic hydroxyl groups is 1. The van der Waals surface area contributed by atoms with Crippen LogP contribution < -0.4 is 4.74 Å². The second-order valence-electron chi connectivity index (χ2n) is 9.79. The van der Waals surface area contributed by atoms with Crippen molar-refractivity contribution < 1.29 is 9.84 Å². The maximum atomic E-state index is 10.9. The lowest BCUT2D eigenvalue weighted by Crippen LogP contribution is -2.70. The molecule has 1 N–H and O–H groups in total. The average molecular weight is 354 g/mol. The molecule has 0 aromatic heterocycles. The number of piperidine rings is 1. The minimum atomic E-state index is -0.619. The lowest BCUT2D eigenvalue weighted by atomic mass is 9.38. The van der Waals surface area contributed by atoms with E-state index < -0.39 is 5.60 Å². The molecule has 4 bridgehead atoms. The van der Waals surface area contributed by atoms with E-state index in [1.807, 2.05) is 13.8 Å². The molecule has 6 rings (SSSR count). The van der Waals surface area contributed by atoms with E-state index in [0.717, 1.165) is 25.1 Å². The number of hydrogen-bond donors (Lipinski definition) is 1. The first kappa shape index (κ1) is 16.8. The standard InChI is InChI=1S/C23H31NO2/c1-21(2,25)19-14-23-8-7-16(19)13-22(23)9-10-24(3)20(23)11-15-5-6-17(26-4)12-18(15)22/h5-8,12,16,19-20,25H,9-11,13-14H2,1-4H3/t16-,19+,20?,22+,23-/m0/s1. The fourth-order valence-electron chi connectivity index (χ4n) is 7.11. The Labute approximate surface area is 157 Å². The molecule has 3 nitrogen and oxygen atoms in total. The number of hydrogen-bond acceptors (Lipinski definition) is 3. The summed E-state index contributed by atoms with van der Waals surface area (Å²) in [5.41, 5.74) is 2.76. The summed E-state index contributed by atoms with van der Waals surface area (Å²) >= 11 is 0. The van der Waals surface area contributed by atoms with E-state index >= 15 is 0 Å². The number of ether oxygens (including phenoxy) is 1. The SMILES string of the molecule is COc1ccc2c(c1)[C@]13CCN(C)C(C2)[C@@]12C=C[C@@H](C3)[C@H](C(C)(C)O)C2. The Balaban J connectivity index is 1.73. The summed E-state index contributed by atoms with van der Waals surface area (Å²) in [5.74, 6) is 1.80. The van der Waals surface area contributed by atoms with Gasteiger partial charge >= 0.3 is 0 Å². The summed E-state index contributed by atoms with van der Waals surface area (Å²) in [4.78, 5) is 2.59. The molecule has 1 aliphatic heterocycles. The number of likely N-dealkylation sites (tertiary alicyclic amines) is 1. The van der Waals surface area contributed by atoms with Crippen LogP contribution in [0, 0.1) is 17.3 Å². The quantitative estimate of drug-likeness (QED) is 0.826. The fraction of sp³-hybridized carbons (Fsp3) is 0.652. The number of likely N-dealkylation sites (N-methyl/N-ethyl adjacent to an activating group) is 1. The molecule has 1 spiro atoms. The maximum absolute atomic E-state index is 10.9. The van der Waals surface area contributed by atoms with Crippen LogP contribution in [-0.2, 0) is 11.8 Å². The minimum absolute atomic E-state index is 0.138. The summed E-state index contributed by atoms with van der Waals surface area (Å²) in [6.07, 6.45) is 9.59. The Bertz CT molecular complexity index is 779. The van der Waals surface area contributed by atoms with Crippen molar-refractivity contribution in [3.05, 3.63) is 41.5 Å². The van der Waals surface area contributed by atoms with Gasteiger partial charge in [0.25, 0.3) is 0 Å². The molecule has 2 fully saturated rings. The van der Waals surface area contributed by atoms with Gasteiger partial charge in [0.05, 0.1) is 12.7 Å². The van der Waals surface area contributed by atoms with Crippen LogP contribution in [0.2, 0.25) is 0 Å². The summed E-state index contributed by atoms with van der Waals surface area (Å²) in [7, 11) is 4.07. The Morgan fingerprint density at radius 1 is 1.27 bits per heavy atom. The predicted molar refractivity (Wildman–Crippen MR) is 103 cm³/mol. The highest BCUT2D eigenvalue weighted by Crippen LogP contribution is 2.69. The fourth-order valence-corrected chi connectivity index (χ4v) is 7.11. The van der Waals surface area contributed by atoms with Gasteiger partial charge in [-0.15, -0.1) is 0 Å². The van der Waals surface area contributed by atoms with Crippen molar-refractivity contribution in [2.75, 3.05) is 20.7 Å². The Morgan fingerprint density at radius 2 is 2.08 bits per heavy atom. The Kier molecular flexibility index (Phi) is 3.33. The highest BCUT2D eigenvalue weighted by molar-refractivity contribution is 5.51. The molecular formula is C23H31NO2. The zero-order chi connectivity index (χ0) is 18.3. The minimum Gasteiger partial charge on any atom is -0.497 e. The normalized spacial score (nSPS) is 40.9. The molecule has 0 amide bonds. The third-order valence-corrected chi connectivity index (χ3v) is 8.36. The van der Waals surface area contributed by atoms with Crippen molar-refractivity contribution in [2.45, 2.75) is 56.6 Å². The van der Waals surface area contributed by atoms with Gasteiger partial charge in [0.15, 0.2) is 0 Å². The van der Waals surface area contributed by atoms with Crippen LogP contribution in [0.5, 0.6) is 5.75 Å². The molecule has 26 heavy (non-hydrogen) atoms. The van der Waals surface area contributed by atoms with Gasteiger partial charge in [0.2, 0.25) is 0 Å². The largest absolute Gasteiger partial charge is 0.497 e. The molecular weight excluding hydrogens is 322 g/mol. The lowest BCUT2D eigenvalue weighted by Gasteiger charge is -2.70. The molecule has 1 saturated carbocycles. The van der Waals surface area contributed by atoms with E-state index in [4.69, 9.17) is 4.74 Å². The molecule has 140 valence electrons. The first-order chi connectivity index (χ1) is 12.3. The number of methoxy groups -OCH3 is 1. The zero-order valence-electron chi connectivity index (χ0n) is 16.5. The molecule has 1 saturated heterocycles. The molecule has 5 atom stereocenters. The van der Waals surface area contributed by atoms with Gasteiger partial charge in [0.1, 0.15) is 5.75 Å². The molecule has 1 heterocycles. The van der Waals surface area contributed by atoms with Crippen LogP contribution in [0.4, 0.5) is 0 Å². The van der Waals surface area contributed by atoms with Gasteiger partial charge in [-0.3, -0.25) is 0 Å². The highest BCUT2D eigenvalue weighted by atomic mass is 16.5. The van der Waals surface area contributed by atoms with Crippen molar-refractivity contribution in [3.8, 4) is 5.75 Å². The van der Waals surface area contributed by atoms with Gasteiger partial charge < -0.3 is 14.7 Å². The van der Waals surface area contributed by atoms with E-state index in [0.29, 0.717) is 17.9 Å². The van der Waals surface area contributed by atoms with Gasteiger partial charge in [-0.1, -0.05) is 18.2 Å². The third-order valence-electron chi connectivity index (χ3n) is 8.36. The summed E-state index contributed by atoms with van der Waals surface area (Å²) in [6, 6.07) is 7.28. The molecule has 0 radical (unpaired) electrons. The van der Waals surface area contributed by atoms with Gasteiger partial charge in [-0.05, 0) is 88.2 Å². The molecule has 1 aromatic rings. The van der Waals surface area contributed by atoms with E-state index in [1.165, 1.54) is 24.0 Å². The topological polar surface area (TPSA) is 32.7 Å². The molecule has 3 heteroatoms. The van der Waals surface area contributed by atoms with Crippen LogP contribution in [0.15, 0.2) is 30.4 Å². The monoisotopic (exact) mass is 353 g/mol. The number of fused-ring (bicyclic) bond motifs is 2. The van der Waals surface area contributed by atoms with Crippen molar-refractivity contribution in [2.24, 2.45) is 17.3 Å². The van der Waals surface area contributed by atoms with E-state index in [9.17, 15) is 5.11 Å². The van der Waals surface area contributed by atoms with Gasteiger partial charge in [-0.2, -0.15) is 0 Å². The van der Waals surface area contributed by atoms with Crippen molar-refractivity contribution in [3.63, 3.8) is 0 Å². The maximum Gasteiger partial charge on any atom is 0.119 e. The number of allylic oxidation sites excluding steroid dienone is 1. The van der Waals surface area contributed by atoms with E-state index in [1.54, 1.807) is 7.11 Å². The smallest absolute Gasteiger partial charge is 0.119 e. The average Bonchev–Trinajstić information content (AvgIpc) is 2.63. The number of nitrogens with zero attached hydrogens (tertiary/aromatic N) is 1. The Morgan fingerprint density at radius 3 is 2.81 bits per heavy atom. The third kappa shape index (κ3) is 1.91. The second-order valence-corrected chi connectivity index (χ2v) is 9.79. The number of rotatable bonds is 2. The molecule has 1 unspecified atom stereocenters. The van der Waals surface area contributed by atoms with Crippen molar-refractivity contribution in [1.82, 2.24) is 4.90 Å². The van der Waals surface area contributed by atoms with Crippen LogP contribution in [-0.4, -0.2) is 42.4 Å². The van der Waals surface area contributed by atoms with Gasteiger partial charge in [0, 0.05) is 16.9 Å². The molecule has 1 aromatic carbocycles. The van der Waals surface area contributed by atoms with Crippen molar-refractivity contribution in [1.29, 1.82) is 0 Å². The predicted octanol–water partition coefficient (Wildman–Crippen LogP) is 3.55. The van der Waals surface area contributed by atoms with Crippen LogP contribution in [0.25, 0.3) is 0 Å². The van der Waals surface area contributed by atoms with E-state index in [-0.39, 0.29) is 10.8 Å². The van der Waals surface area contributed by atoms with Crippen molar-refractivity contribution >= 4 is 0 Å². The molecule has 4 aliphatic carbocycles. The first-order valence-corrected chi connectivity index (χ1v) is 10.1. The van der Waals surface area contributed by atoms with Crippen LogP contribution in [0.3, 0.4) is 0 Å². The van der Waals surface area contributed by atoms with E-state index in [2.05, 4.69) is 42.3 Å².